The highest BCUT2D eigenvalue weighted by Gasteiger charge is 2.52. The maximum absolute atomic E-state index is 10.1. The van der Waals surface area contributed by atoms with E-state index in [1.807, 2.05) is 6.92 Å². The van der Waals surface area contributed by atoms with Crippen LogP contribution in [0, 0.1) is 6.92 Å². The molecule has 0 aromatic rings. The maximum atomic E-state index is 10.1. The van der Waals surface area contributed by atoms with Gasteiger partial charge in [0.2, 0.25) is 0 Å². The van der Waals surface area contributed by atoms with Crippen LogP contribution >= 0.6 is 0 Å². The molecule has 4 heteroatoms. The van der Waals surface area contributed by atoms with E-state index in [-0.39, 0.29) is 6.61 Å². The van der Waals surface area contributed by atoms with Crippen LogP contribution in [0.3, 0.4) is 0 Å². The first-order chi connectivity index (χ1) is 6.56. The first-order valence-corrected chi connectivity index (χ1v) is 4.98. The fourth-order valence-corrected chi connectivity index (χ4v) is 1.83. The fraction of sp³-hybridized carbons (Fsp3) is 0.900. The van der Waals surface area contributed by atoms with Crippen molar-refractivity contribution in [3.63, 3.8) is 0 Å². The summed E-state index contributed by atoms with van der Waals surface area (Å²) in [4.78, 5) is 0. The van der Waals surface area contributed by atoms with E-state index in [9.17, 15) is 10.2 Å². The molecule has 0 saturated carbocycles. The van der Waals surface area contributed by atoms with Gasteiger partial charge in [-0.3, -0.25) is 0 Å². The molecule has 3 N–H and O–H groups in total. The fourth-order valence-electron chi connectivity index (χ4n) is 1.83. The van der Waals surface area contributed by atoms with E-state index in [2.05, 4.69) is 0 Å². The van der Waals surface area contributed by atoms with E-state index in [0.717, 1.165) is 12.8 Å². The van der Waals surface area contributed by atoms with E-state index >= 15 is 0 Å². The van der Waals surface area contributed by atoms with Gasteiger partial charge >= 0.3 is 0 Å². The zero-order valence-corrected chi connectivity index (χ0v) is 8.39. The lowest BCUT2D eigenvalue weighted by molar-refractivity contribution is -0.0979. The SMILES string of the molecule is [CH][C@@H]1O[C@H](CO)[C@@](O)(CCCC)C1O. The van der Waals surface area contributed by atoms with Crippen LogP contribution in [0.1, 0.15) is 26.2 Å². The third-order valence-corrected chi connectivity index (χ3v) is 2.80. The van der Waals surface area contributed by atoms with E-state index in [1.165, 1.54) is 0 Å². The van der Waals surface area contributed by atoms with Gasteiger partial charge in [-0.2, -0.15) is 0 Å². The lowest BCUT2D eigenvalue weighted by Gasteiger charge is -2.30. The number of rotatable bonds is 4. The van der Waals surface area contributed by atoms with Gasteiger partial charge in [-0.25, -0.2) is 0 Å². The molecule has 0 bridgehead atoms. The highest BCUT2D eigenvalue weighted by Crippen LogP contribution is 2.34. The summed E-state index contributed by atoms with van der Waals surface area (Å²) in [6, 6.07) is 0. The number of hydrogen-bond donors (Lipinski definition) is 3. The van der Waals surface area contributed by atoms with Gasteiger partial charge in [0.05, 0.1) is 12.7 Å². The van der Waals surface area contributed by atoms with Gasteiger partial charge in [0.1, 0.15) is 17.8 Å². The molecular formula is C10H18O4. The van der Waals surface area contributed by atoms with Crippen LogP contribution in [0.25, 0.3) is 0 Å². The summed E-state index contributed by atoms with van der Waals surface area (Å²) in [5, 5.41) is 28.7. The van der Waals surface area contributed by atoms with Crippen LogP contribution in [0.5, 0.6) is 0 Å². The standard InChI is InChI=1S/C10H18O4/c1-3-4-5-10(13)8(6-11)14-7(2)9(10)12/h2,7-9,11-13H,3-6H2,1H3/t7-,8+,9?,10-/m0/s1. The normalized spacial score (nSPS) is 43.1. The average Bonchev–Trinajstić information content (AvgIpc) is 2.40. The van der Waals surface area contributed by atoms with Crippen molar-refractivity contribution in [3.8, 4) is 0 Å². The second-order valence-corrected chi connectivity index (χ2v) is 3.81. The molecule has 1 unspecified atom stereocenters. The molecule has 0 aliphatic carbocycles. The summed E-state index contributed by atoms with van der Waals surface area (Å²) >= 11 is 0. The Hall–Kier alpha value is -0.160. The summed E-state index contributed by atoms with van der Waals surface area (Å²) in [5.41, 5.74) is -1.40. The second kappa shape index (κ2) is 4.57. The van der Waals surface area contributed by atoms with Crippen LogP contribution in [0.2, 0.25) is 0 Å². The summed E-state index contributed by atoms with van der Waals surface area (Å²) in [6.07, 6.45) is -0.745. The molecule has 1 fully saturated rings. The largest absolute Gasteiger partial charge is 0.394 e. The van der Waals surface area contributed by atoms with Gasteiger partial charge in [0.25, 0.3) is 0 Å². The minimum atomic E-state index is -1.40. The molecule has 1 aliphatic rings. The highest BCUT2D eigenvalue weighted by molar-refractivity contribution is 5.03. The molecule has 4 atom stereocenters. The molecule has 1 heterocycles. The van der Waals surface area contributed by atoms with Gasteiger partial charge in [0, 0.05) is 0 Å². The molecule has 1 rings (SSSR count). The predicted molar refractivity (Wildman–Crippen MR) is 50.5 cm³/mol. The van der Waals surface area contributed by atoms with E-state index in [4.69, 9.17) is 16.8 Å². The van der Waals surface area contributed by atoms with Crippen molar-refractivity contribution in [2.45, 2.75) is 50.1 Å². The molecule has 0 aromatic carbocycles. The molecular weight excluding hydrogens is 184 g/mol. The van der Waals surface area contributed by atoms with Gasteiger partial charge in [-0.05, 0) is 13.3 Å². The van der Waals surface area contributed by atoms with Crippen molar-refractivity contribution in [1.29, 1.82) is 0 Å². The Morgan fingerprint density at radius 1 is 1.50 bits per heavy atom. The average molecular weight is 202 g/mol. The number of aliphatic hydroxyl groups excluding tert-OH is 2. The topological polar surface area (TPSA) is 69.9 Å². The minimum absolute atomic E-state index is 0.328. The Morgan fingerprint density at radius 2 is 2.14 bits per heavy atom. The van der Waals surface area contributed by atoms with Crippen molar-refractivity contribution in [1.82, 2.24) is 0 Å². The van der Waals surface area contributed by atoms with Crippen LogP contribution in [-0.4, -0.2) is 45.8 Å². The zero-order chi connectivity index (χ0) is 10.8. The molecule has 2 radical (unpaired) electrons. The van der Waals surface area contributed by atoms with Crippen molar-refractivity contribution in [2.24, 2.45) is 0 Å². The monoisotopic (exact) mass is 202 g/mol. The number of ether oxygens (including phenoxy) is 1. The Kier molecular flexibility index (Phi) is 3.89. The molecule has 1 saturated heterocycles. The highest BCUT2D eigenvalue weighted by atomic mass is 16.6. The van der Waals surface area contributed by atoms with Crippen molar-refractivity contribution < 1.29 is 20.1 Å². The third kappa shape index (κ3) is 1.93. The van der Waals surface area contributed by atoms with Crippen LogP contribution < -0.4 is 0 Å². The lowest BCUT2D eigenvalue weighted by Crippen LogP contribution is -2.49. The Bertz CT molecular complexity index is 185. The van der Waals surface area contributed by atoms with Crippen molar-refractivity contribution >= 4 is 0 Å². The predicted octanol–water partition coefficient (Wildman–Crippen LogP) is -0.261. The Balaban J connectivity index is 2.69. The van der Waals surface area contributed by atoms with Gasteiger partial charge in [-0.15, -0.1) is 0 Å². The molecule has 1 aliphatic heterocycles. The van der Waals surface area contributed by atoms with E-state index in [0.29, 0.717) is 6.42 Å². The van der Waals surface area contributed by atoms with Crippen LogP contribution in [0.15, 0.2) is 0 Å². The minimum Gasteiger partial charge on any atom is -0.394 e. The van der Waals surface area contributed by atoms with Crippen molar-refractivity contribution in [3.05, 3.63) is 6.92 Å². The summed E-state index contributed by atoms with van der Waals surface area (Å²) < 4.78 is 5.06. The molecule has 14 heavy (non-hydrogen) atoms. The van der Waals surface area contributed by atoms with Crippen LogP contribution in [-0.2, 0) is 4.74 Å². The first kappa shape index (κ1) is 11.9. The smallest absolute Gasteiger partial charge is 0.121 e. The van der Waals surface area contributed by atoms with E-state index in [1.54, 1.807) is 0 Å². The third-order valence-electron chi connectivity index (χ3n) is 2.80. The number of aliphatic hydroxyl groups is 3. The molecule has 0 spiro atoms. The van der Waals surface area contributed by atoms with Crippen molar-refractivity contribution in [2.75, 3.05) is 6.61 Å². The van der Waals surface area contributed by atoms with Gasteiger partial charge < -0.3 is 20.1 Å². The molecule has 0 amide bonds. The number of hydrogen-bond acceptors (Lipinski definition) is 4. The Morgan fingerprint density at radius 3 is 2.64 bits per heavy atom. The summed E-state index contributed by atoms with van der Waals surface area (Å²) in [7, 11) is 0. The summed E-state index contributed by atoms with van der Waals surface area (Å²) in [5.74, 6) is 0. The second-order valence-electron chi connectivity index (χ2n) is 3.81. The first-order valence-electron chi connectivity index (χ1n) is 4.98. The maximum Gasteiger partial charge on any atom is 0.121 e. The number of unbranched alkanes of at least 4 members (excludes halogenated alkanes) is 1. The zero-order valence-electron chi connectivity index (χ0n) is 8.39. The summed E-state index contributed by atoms with van der Waals surface area (Å²) in [6.45, 7) is 7.11. The molecule has 4 nitrogen and oxygen atoms in total. The van der Waals surface area contributed by atoms with Gasteiger partial charge in [-0.1, -0.05) is 19.8 Å². The lowest BCUT2D eigenvalue weighted by atomic mass is 9.86. The van der Waals surface area contributed by atoms with Crippen LogP contribution in [0.4, 0.5) is 0 Å². The van der Waals surface area contributed by atoms with Gasteiger partial charge in [0.15, 0.2) is 0 Å². The molecule has 0 aromatic heterocycles. The quantitative estimate of drug-likeness (QED) is 0.587. The van der Waals surface area contributed by atoms with E-state index < -0.39 is 23.9 Å². The molecule has 82 valence electrons. The Labute approximate surface area is 84.5 Å².